The van der Waals surface area contributed by atoms with Crippen molar-refractivity contribution in [3.05, 3.63) is 35.9 Å². The van der Waals surface area contributed by atoms with E-state index in [1.165, 1.54) is 17.0 Å². The predicted molar refractivity (Wildman–Crippen MR) is 71.2 cm³/mol. The van der Waals surface area contributed by atoms with Gasteiger partial charge in [0.05, 0.1) is 5.56 Å². The van der Waals surface area contributed by atoms with Crippen LogP contribution in [0.15, 0.2) is 30.3 Å². The number of nitrogens with zero attached hydrogens (tertiary/aromatic N) is 1. The van der Waals surface area contributed by atoms with Crippen LogP contribution in [0.3, 0.4) is 0 Å². The van der Waals surface area contributed by atoms with Gasteiger partial charge >= 0.3 is 17.9 Å². The average Bonchev–Trinajstić information content (AvgIpc) is 2.44. The van der Waals surface area contributed by atoms with Crippen LogP contribution in [-0.4, -0.2) is 47.0 Å². The van der Waals surface area contributed by atoms with E-state index < -0.39 is 23.9 Å². The first-order chi connectivity index (χ1) is 9.51. The van der Waals surface area contributed by atoms with E-state index >= 15 is 0 Å². The summed E-state index contributed by atoms with van der Waals surface area (Å²) in [6.07, 6.45) is 0. The average molecular weight is 279 g/mol. The minimum absolute atomic E-state index is 0.199. The Hall–Kier alpha value is -2.21. The number of rotatable bonds is 6. The molecular formula is C14H17NO5. The lowest BCUT2D eigenvalue weighted by Crippen LogP contribution is -2.48. The predicted octanol–water partition coefficient (Wildman–Crippen LogP) is 1.16. The van der Waals surface area contributed by atoms with E-state index in [9.17, 15) is 14.4 Å². The number of carbonyl (C=O) groups is 3. The summed E-state index contributed by atoms with van der Waals surface area (Å²) >= 11 is 0. The maximum atomic E-state index is 11.9. The highest BCUT2D eigenvalue weighted by atomic mass is 16.6. The fourth-order valence-electron chi connectivity index (χ4n) is 1.78. The second kappa shape index (κ2) is 7.40. The number of ether oxygens (including phenoxy) is 1. The zero-order valence-electron chi connectivity index (χ0n) is 11.4. The molecule has 0 aliphatic carbocycles. The van der Waals surface area contributed by atoms with Gasteiger partial charge in [-0.15, -0.1) is 0 Å². The summed E-state index contributed by atoms with van der Waals surface area (Å²) in [4.78, 5) is 36.2. The molecule has 0 aliphatic heterocycles. The summed E-state index contributed by atoms with van der Waals surface area (Å²) in [5.41, 5.74) is 0.199. The molecule has 0 radical (unpaired) electrons. The molecule has 1 N–H and O–H groups in total. The Labute approximate surface area is 117 Å². The van der Waals surface area contributed by atoms with Gasteiger partial charge < -0.3 is 9.84 Å². The standard InChI is InChI=1S/C14H17NO5/c1-3-15(4-2)11(12(16)17)14(19)20-13(18)10-8-6-5-7-9-10/h5-9,11H,3-4H2,1-2H3,(H,16,17). The number of carbonyl (C=O) groups excluding carboxylic acids is 2. The lowest BCUT2D eigenvalue weighted by atomic mass is 10.2. The van der Waals surface area contributed by atoms with Gasteiger partial charge in [0.25, 0.3) is 0 Å². The monoisotopic (exact) mass is 279 g/mol. The largest absolute Gasteiger partial charge is 0.480 e. The van der Waals surface area contributed by atoms with Crippen LogP contribution in [0, 0.1) is 0 Å². The van der Waals surface area contributed by atoms with Crippen molar-refractivity contribution in [2.75, 3.05) is 13.1 Å². The molecule has 20 heavy (non-hydrogen) atoms. The molecule has 6 nitrogen and oxygen atoms in total. The van der Waals surface area contributed by atoms with Gasteiger partial charge in [0.2, 0.25) is 6.04 Å². The van der Waals surface area contributed by atoms with Gasteiger partial charge in [0.15, 0.2) is 0 Å². The molecule has 1 aromatic rings. The van der Waals surface area contributed by atoms with Crippen LogP contribution < -0.4 is 0 Å². The van der Waals surface area contributed by atoms with E-state index in [0.717, 1.165) is 0 Å². The van der Waals surface area contributed by atoms with E-state index in [1.54, 1.807) is 32.0 Å². The molecule has 0 aromatic heterocycles. The van der Waals surface area contributed by atoms with Crippen molar-refractivity contribution >= 4 is 17.9 Å². The third-order valence-corrected chi connectivity index (χ3v) is 2.84. The molecule has 0 amide bonds. The van der Waals surface area contributed by atoms with Crippen LogP contribution in [0.1, 0.15) is 24.2 Å². The van der Waals surface area contributed by atoms with E-state index in [1.807, 2.05) is 0 Å². The van der Waals surface area contributed by atoms with Gasteiger partial charge in [-0.25, -0.2) is 14.4 Å². The first-order valence-corrected chi connectivity index (χ1v) is 6.29. The maximum absolute atomic E-state index is 11.9. The number of likely N-dealkylation sites (N-methyl/N-ethyl adjacent to an activating group) is 1. The molecule has 0 bridgehead atoms. The lowest BCUT2D eigenvalue weighted by molar-refractivity contribution is -0.156. The minimum Gasteiger partial charge on any atom is -0.480 e. The molecule has 1 unspecified atom stereocenters. The molecule has 0 saturated heterocycles. The molecule has 0 saturated carbocycles. The number of hydrogen-bond acceptors (Lipinski definition) is 5. The van der Waals surface area contributed by atoms with E-state index in [4.69, 9.17) is 5.11 Å². The van der Waals surface area contributed by atoms with Gasteiger partial charge in [-0.3, -0.25) is 4.90 Å². The summed E-state index contributed by atoms with van der Waals surface area (Å²) < 4.78 is 4.64. The lowest BCUT2D eigenvalue weighted by Gasteiger charge is -2.23. The topological polar surface area (TPSA) is 83.9 Å². The molecule has 1 atom stereocenters. The van der Waals surface area contributed by atoms with Crippen LogP contribution in [0.2, 0.25) is 0 Å². The summed E-state index contributed by atoms with van der Waals surface area (Å²) in [6, 6.07) is 6.47. The van der Waals surface area contributed by atoms with E-state index in [2.05, 4.69) is 4.74 Å². The normalized spacial score (nSPS) is 11.9. The van der Waals surface area contributed by atoms with Crippen molar-refractivity contribution in [2.45, 2.75) is 19.9 Å². The first-order valence-electron chi connectivity index (χ1n) is 6.29. The number of esters is 2. The second-order valence-corrected chi connectivity index (χ2v) is 4.04. The van der Waals surface area contributed by atoms with E-state index in [-0.39, 0.29) is 5.56 Å². The van der Waals surface area contributed by atoms with Gasteiger partial charge in [-0.2, -0.15) is 0 Å². The Bertz CT molecular complexity index is 482. The zero-order chi connectivity index (χ0) is 15.1. The molecule has 0 aliphatic rings. The Kier molecular flexibility index (Phi) is 5.86. The van der Waals surface area contributed by atoms with Crippen molar-refractivity contribution < 1.29 is 24.2 Å². The van der Waals surface area contributed by atoms with Crippen molar-refractivity contribution in [3.8, 4) is 0 Å². The second-order valence-electron chi connectivity index (χ2n) is 4.04. The molecule has 1 rings (SSSR count). The minimum atomic E-state index is -1.47. The van der Waals surface area contributed by atoms with Gasteiger partial charge in [-0.1, -0.05) is 32.0 Å². The molecule has 0 fully saturated rings. The summed E-state index contributed by atoms with van der Waals surface area (Å²) in [5.74, 6) is -3.26. The van der Waals surface area contributed by atoms with Crippen LogP contribution in [0.4, 0.5) is 0 Å². The van der Waals surface area contributed by atoms with Crippen molar-refractivity contribution in [2.24, 2.45) is 0 Å². The SMILES string of the molecule is CCN(CC)C(C(=O)O)C(=O)OC(=O)c1ccccc1. The Morgan fingerprint density at radius 2 is 1.70 bits per heavy atom. The van der Waals surface area contributed by atoms with Crippen molar-refractivity contribution in [3.63, 3.8) is 0 Å². The molecule has 108 valence electrons. The quantitative estimate of drug-likeness (QED) is 0.621. The number of hydrogen-bond donors (Lipinski definition) is 1. The van der Waals surface area contributed by atoms with Crippen LogP contribution in [0.5, 0.6) is 0 Å². The van der Waals surface area contributed by atoms with E-state index in [0.29, 0.717) is 13.1 Å². The Balaban J connectivity index is 2.82. The third kappa shape index (κ3) is 3.89. The summed E-state index contributed by atoms with van der Waals surface area (Å²) in [6.45, 7) is 4.18. The molecule has 6 heteroatoms. The number of aliphatic carboxylic acids is 1. The molecule has 1 aromatic carbocycles. The van der Waals surface area contributed by atoms with Crippen LogP contribution in [0.25, 0.3) is 0 Å². The maximum Gasteiger partial charge on any atom is 0.345 e. The molecule has 0 spiro atoms. The van der Waals surface area contributed by atoms with Crippen molar-refractivity contribution in [1.82, 2.24) is 4.90 Å². The molecular weight excluding hydrogens is 262 g/mol. The fourth-order valence-corrected chi connectivity index (χ4v) is 1.78. The fraction of sp³-hybridized carbons (Fsp3) is 0.357. The highest BCUT2D eigenvalue weighted by Crippen LogP contribution is 2.06. The molecule has 0 heterocycles. The zero-order valence-corrected chi connectivity index (χ0v) is 11.4. The number of carboxylic acids is 1. The van der Waals surface area contributed by atoms with Gasteiger partial charge in [-0.05, 0) is 25.2 Å². The number of benzene rings is 1. The third-order valence-electron chi connectivity index (χ3n) is 2.84. The summed E-state index contributed by atoms with van der Waals surface area (Å²) in [7, 11) is 0. The highest BCUT2D eigenvalue weighted by Gasteiger charge is 2.34. The summed E-state index contributed by atoms with van der Waals surface area (Å²) in [5, 5.41) is 9.11. The van der Waals surface area contributed by atoms with Crippen LogP contribution >= 0.6 is 0 Å². The highest BCUT2D eigenvalue weighted by molar-refractivity contribution is 6.05. The van der Waals surface area contributed by atoms with Gasteiger partial charge in [0, 0.05) is 0 Å². The Morgan fingerprint density at radius 3 is 2.15 bits per heavy atom. The first kappa shape index (κ1) is 15.8. The van der Waals surface area contributed by atoms with Gasteiger partial charge in [0.1, 0.15) is 0 Å². The smallest absolute Gasteiger partial charge is 0.345 e. The number of carboxylic acid groups (broad SMARTS) is 1. The van der Waals surface area contributed by atoms with Crippen LogP contribution in [-0.2, 0) is 14.3 Å². The van der Waals surface area contributed by atoms with Crippen molar-refractivity contribution in [1.29, 1.82) is 0 Å². The Morgan fingerprint density at radius 1 is 1.15 bits per heavy atom.